The number of halogens is 17. The largest absolute Gasteiger partial charge is 0.422 e. The maximum Gasteiger partial charge on any atom is 0.422 e. The molecule has 230 valence electrons. The topological polar surface area (TPSA) is 0 Å². The number of benzene rings is 5. The van der Waals surface area contributed by atoms with Gasteiger partial charge in [-0.05, 0) is 22.9 Å². The van der Waals surface area contributed by atoms with Crippen LogP contribution in [0.3, 0.4) is 0 Å². The molecule has 0 saturated carbocycles. The van der Waals surface area contributed by atoms with Crippen LogP contribution in [0.1, 0.15) is 5.56 Å². The molecule has 0 heterocycles. The van der Waals surface area contributed by atoms with Crippen molar-refractivity contribution in [1.29, 1.82) is 0 Å². The lowest BCUT2D eigenvalue weighted by Crippen LogP contribution is -2.16. The third kappa shape index (κ3) is 4.07. The molecule has 0 amide bonds. The minimum absolute atomic E-state index is 0.0108. The van der Waals surface area contributed by atoms with Gasteiger partial charge in [-0.25, -0.2) is 61.5 Å². The third-order valence-electron chi connectivity index (χ3n) is 6.54. The first-order valence-electron chi connectivity index (χ1n) is 11.2. The zero-order chi connectivity index (χ0) is 32.9. The standard InChI is InChI=1S/C27H3F17/c28-4-1-2-5-6(3-4)8(12-18(33)24(39)26(41)25(40)19(12)34)10-9(14(29)22(37)23(38)15(10)30)7(5)11-16(31)20(35)13(27(42,43)44)21(36)17(11)32/h1-3H. The Labute approximate surface area is 230 Å². The first-order chi connectivity index (χ1) is 20.3. The van der Waals surface area contributed by atoms with Gasteiger partial charge in [0, 0.05) is 21.9 Å². The van der Waals surface area contributed by atoms with Crippen LogP contribution in [0, 0.1) is 81.4 Å². The van der Waals surface area contributed by atoms with Crippen LogP contribution in [0.15, 0.2) is 18.2 Å². The molecule has 0 spiro atoms. The second-order valence-corrected chi connectivity index (χ2v) is 8.89. The smallest absolute Gasteiger partial charge is 0.207 e. The molecule has 0 bridgehead atoms. The Balaban J connectivity index is 2.21. The number of hydrogen-bond acceptors (Lipinski definition) is 0. The fourth-order valence-corrected chi connectivity index (χ4v) is 4.76. The van der Waals surface area contributed by atoms with E-state index in [9.17, 15) is 57.1 Å². The van der Waals surface area contributed by atoms with E-state index in [-0.39, 0.29) is 18.2 Å². The van der Waals surface area contributed by atoms with E-state index in [1.807, 2.05) is 0 Å². The summed E-state index contributed by atoms with van der Waals surface area (Å²) < 4.78 is 245. The summed E-state index contributed by atoms with van der Waals surface area (Å²) in [5.74, 6) is -39.3. The van der Waals surface area contributed by atoms with Crippen molar-refractivity contribution in [2.24, 2.45) is 0 Å². The maximum atomic E-state index is 15.4. The molecule has 0 fully saturated rings. The Hall–Kier alpha value is -4.57. The highest BCUT2D eigenvalue weighted by molar-refractivity contribution is 6.22. The average Bonchev–Trinajstić information content (AvgIpc) is 2.95. The van der Waals surface area contributed by atoms with Crippen molar-refractivity contribution in [2.45, 2.75) is 6.18 Å². The summed E-state index contributed by atoms with van der Waals surface area (Å²) in [7, 11) is 0. The number of alkyl halides is 3. The molecule has 0 saturated heterocycles. The van der Waals surface area contributed by atoms with Gasteiger partial charge in [0.05, 0.1) is 11.1 Å². The van der Waals surface area contributed by atoms with E-state index in [4.69, 9.17) is 0 Å². The molecule has 0 aromatic heterocycles. The average molecular weight is 650 g/mol. The predicted octanol–water partition coefficient (Wildman–Crippen LogP) is 10.3. The van der Waals surface area contributed by atoms with E-state index in [1.165, 1.54) is 0 Å². The fraction of sp³-hybridized carbons (Fsp3) is 0.0370. The third-order valence-corrected chi connectivity index (χ3v) is 6.54. The van der Waals surface area contributed by atoms with Crippen molar-refractivity contribution in [3.63, 3.8) is 0 Å². The Morgan fingerprint density at radius 3 is 1.09 bits per heavy atom. The number of rotatable bonds is 2. The van der Waals surface area contributed by atoms with Gasteiger partial charge in [0.25, 0.3) is 0 Å². The summed E-state index contributed by atoms with van der Waals surface area (Å²) >= 11 is 0. The molecule has 5 aromatic rings. The van der Waals surface area contributed by atoms with Crippen LogP contribution in [-0.4, -0.2) is 0 Å². The molecular weight excluding hydrogens is 647 g/mol. The molecule has 17 heteroatoms. The molecule has 0 N–H and O–H groups in total. The van der Waals surface area contributed by atoms with Gasteiger partial charge in [-0.3, -0.25) is 0 Å². The van der Waals surface area contributed by atoms with Gasteiger partial charge in [0.15, 0.2) is 69.8 Å². The first-order valence-corrected chi connectivity index (χ1v) is 11.2. The molecule has 0 atom stereocenters. The molecule has 0 radical (unpaired) electrons. The zero-order valence-electron chi connectivity index (χ0n) is 20.2. The Morgan fingerprint density at radius 1 is 0.341 bits per heavy atom. The van der Waals surface area contributed by atoms with Crippen molar-refractivity contribution in [3.8, 4) is 22.3 Å². The van der Waals surface area contributed by atoms with Crippen molar-refractivity contribution in [2.75, 3.05) is 0 Å². The fourth-order valence-electron chi connectivity index (χ4n) is 4.76. The molecule has 5 aromatic carbocycles. The molecule has 0 unspecified atom stereocenters. The molecular formula is C27H3F17. The lowest BCUT2D eigenvalue weighted by atomic mass is 9.84. The van der Waals surface area contributed by atoms with E-state index in [2.05, 4.69) is 0 Å². The molecule has 44 heavy (non-hydrogen) atoms. The maximum absolute atomic E-state index is 15.4. The Morgan fingerprint density at radius 2 is 0.682 bits per heavy atom. The van der Waals surface area contributed by atoms with Crippen LogP contribution in [-0.2, 0) is 6.18 Å². The lowest BCUT2D eigenvalue weighted by Gasteiger charge is -2.21. The van der Waals surface area contributed by atoms with Crippen LogP contribution in [0.25, 0.3) is 43.8 Å². The Kier molecular flexibility index (Phi) is 7.01. The van der Waals surface area contributed by atoms with Crippen molar-refractivity contribution in [3.05, 3.63) is 105 Å². The molecule has 5 rings (SSSR count). The minimum atomic E-state index is -6.12. The van der Waals surface area contributed by atoms with Crippen molar-refractivity contribution in [1.82, 2.24) is 0 Å². The second-order valence-electron chi connectivity index (χ2n) is 8.89. The zero-order valence-corrected chi connectivity index (χ0v) is 20.2. The SMILES string of the molecule is Fc1ccc2c(-c3c(F)c(F)c(C(F)(F)F)c(F)c3F)c3c(F)c(F)c(F)c(F)c3c(-c3c(F)c(F)c(F)c(F)c3F)c2c1. The monoisotopic (exact) mass is 650 g/mol. The summed E-state index contributed by atoms with van der Waals surface area (Å²) in [6, 6.07) is 0.511. The van der Waals surface area contributed by atoms with Gasteiger partial charge in [-0.2, -0.15) is 13.2 Å². The van der Waals surface area contributed by atoms with Gasteiger partial charge in [0.2, 0.25) is 5.82 Å². The highest BCUT2D eigenvalue weighted by Crippen LogP contribution is 2.50. The first kappa shape index (κ1) is 30.9. The van der Waals surface area contributed by atoms with E-state index in [1.54, 1.807) is 0 Å². The van der Waals surface area contributed by atoms with Crippen LogP contribution in [0.5, 0.6) is 0 Å². The van der Waals surface area contributed by atoms with Gasteiger partial charge in [-0.15, -0.1) is 0 Å². The molecule has 0 aliphatic rings. The van der Waals surface area contributed by atoms with Gasteiger partial charge in [-0.1, -0.05) is 6.07 Å². The summed E-state index contributed by atoms with van der Waals surface area (Å²) in [5, 5.41) is -7.01. The normalized spacial score (nSPS) is 12.2. The Bertz CT molecular complexity index is 2030. The molecule has 0 aliphatic carbocycles. The van der Waals surface area contributed by atoms with Crippen molar-refractivity contribution < 1.29 is 74.6 Å². The van der Waals surface area contributed by atoms with Crippen LogP contribution >= 0.6 is 0 Å². The number of hydrogen-bond donors (Lipinski definition) is 0. The highest BCUT2D eigenvalue weighted by Gasteiger charge is 2.43. The van der Waals surface area contributed by atoms with Crippen LogP contribution < -0.4 is 0 Å². The van der Waals surface area contributed by atoms with Gasteiger partial charge in [0.1, 0.15) is 11.4 Å². The van der Waals surface area contributed by atoms with Crippen molar-refractivity contribution >= 4 is 21.5 Å². The van der Waals surface area contributed by atoms with Crippen LogP contribution in [0.4, 0.5) is 74.6 Å². The quantitative estimate of drug-likeness (QED) is 0.0773. The highest BCUT2D eigenvalue weighted by atomic mass is 19.4. The second kappa shape index (κ2) is 9.99. The van der Waals surface area contributed by atoms with E-state index >= 15 is 17.6 Å². The summed E-state index contributed by atoms with van der Waals surface area (Å²) in [6.45, 7) is 0. The predicted molar refractivity (Wildman–Crippen MR) is 117 cm³/mol. The van der Waals surface area contributed by atoms with E-state index in [0.717, 1.165) is 0 Å². The summed E-state index contributed by atoms with van der Waals surface area (Å²) in [6.07, 6.45) is -6.12. The lowest BCUT2D eigenvalue weighted by molar-refractivity contribution is -0.143. The number of fused-ring (bicyclic) bond motifs is 2. The van der Waals surface area contributed by atoms with Gasteiger partial charge < -0.3 is 0 Å². The van der Waals surface area contributed by atoms with E-state index in [0.29, 0.717) is 0 Å². The van der Waals surface area contributed by atoms with Crippen LogP contribution in [0.2, 0.25) is 0 Å². The molecule has 0 nitrogen and oxygen atoms in total. The summed E-state index contributed by atoms with van der Waals surface area (Å²) in [5.41, 5.74) is -11.5. The molecule has 0 aliphatic heterocycles. The minimum Gasteiger partial charge on any atom is -0.207 e. The van der Waals surface area contributed by atoms with Gasteiger partial charge >= 0.3 is 6.18 Å². The van der Waals surface area contributed by atoms with E-state index < -0.39 is 137 Å². The summed E-state index contributed by atoms with van der Waals surface area (Å²) in [4.78, 5) is 0.